The highest BCUT2D eigenvalue weighted by atomic mass is 35.5. The first-order valence-electron chi connectivity index (χ1n) is 5.01. The molecule has 0 saturated heterocycles. The van der Waals surface area contributed by atoms with Gasteiger partial charge in [-0.1, -0.05) is 34.9 Å². The smallest absolute Gasteiger partial charge is 0.356 e. The molecule has 1 aromatic heterocycles. The van der Waals surface area contributed by atoms with Gasteiger partial charge in [0.15, 0.2) is 5.75 Å². The molecular formula is C11H10Cl3NO3. The molecule has 0 N–H and O–H groups in total. The van der Waals surface area contributed by atoms with Crippen LogP contribution in [0.1, 0.15) is 18.1 Å². The van der Waals surface area contributed by atoms with Gasteiger partial charge in [0.25, 0.3) is 0 Å². The average molecular weight is 311 g/mol. The third kappa shape index (κ3) is 2.41. The Morgan fingerprint density at radius 1 is 1.28 bits per heavy atom. The molecule has 4 nitrogen and oxygen atoms in total. The van der Waals surface area contributed by atoms with Crippen LogP contribution in [0.15, 0.2) is 15.7 Å². The van der Waals surface area contributed by atoms with E-state index in [4.69, 9.17) is 28.0 Å². The molecular weight excluding hydrogens is 300 g/mol. The molecule has 0 aliphatic heterocycles. The van der Waals surface area contributed by atoms with Crippen LogP contribution in [0.4, 0.5) is 0 Å². The topological polar surface area (TPSA) is 48.3 Å². The summed E-state index contributed by atoms with van der Waals surface area (Å²) < 4.78 is 0.623. The van der Waals surface area contributed by atoms with E-state index in [1.165, 1.54) is 0 Å². The van der Waals surface area contributed by atoms with Crippen LogP contribution >= 0.6 is 35.6 Å². The summed E-state index contributed by atoms with van der Waals surface area (Å²) in [6.07, 6.45) is 0.785. The lowest BCUT2D eigenvalue weighted by Gasteiger charge is -2.11. The van der Waals surface area contributed by atoms with Gasteiger partial charge in [-0.15, -0.1) is 12.4 Å². The Kier molecular flexibility index (Phi) is 4.48. The summed E-state index contributed by atoms with van der Waals surface area (Å²) in [6.45, 7) is 3.81. The molecule has 0 aliphatic carbocycles. The maximum Gasteiger partial charge on any atom is 0.356 e. The lowest BCUT2D eigenvalue weighted by atomic mass is 10.1. The standard InChI is InChI=1S/C11H9Cl2NO3.ClH/c1-3-6-4-7(12)9(8(13)5(6)2)17-14-10(15)11(14)16;/h4H,3H2,1-2H3;1H. The summed E-state index contributed by atoms with van der Waals surface area (Å²) in [4.78, 5) is 26.7. The molecule has 0 amide bonds. The fraction of sp³-hybridized carbons (Fsp3) is 0.273. The van der Waals surface area contributed by atoms with E-state index in [-0.39, 0.29) is 23.2 Å². The molecule has 2 rings (SSSR count). The van der Waals surface area contributed by atoms with E-state index in [0.717, 1.165) is 17.5 Å². The van der Waals surface area contributed by atoms with Crippen molar-refractivity contribution in [3.8, 4) is 5.75 Å². The van der Waals surface area contributed by atoms with Crippen LogP contribution in [-0.4, -0.2) is 4.73 Å². The molecule has 0 atom stereocenters. The fourth-order valence-electron chi connectivity index (χ4n) is 1.49. The van der Waals surface area contributed by atoms with Gasteiger partial charge in [-0.2, -0.15) is 0 Å². The minimum absolute atomic E-state index is 0. The van der Waals surface area contributed by atoms with E-state index in [9.17, 15) is 9.59 Å². The normalized spacial score (nSPS) is 10.4. The molecule has 0 bridgehead atoms. The summed E-state index contributed by atoms with van der Waals surface area (Å²) in [5.74, 6) is 0.141. The van der Waals surface area contributed by atoms with E-state index in [0.29, 0.717) is 9.75 Å². The molecule has 0 unspecified atom stereocenters. The van der Waals surface area contributed by atoms with E-state index >= 15 is 0 Å². The van der Waals surface area contributed by atoms with Gasteiger partial charge in [0.05, 0.1) is 10.0 Å². The number of rotatable bonds is 3. The summed E-state index contributed by atoms with van der Waals surface area (Å²) in [5.41, 5.74) is 0.426. The van der Waals surface area contributed by atoms with Crippen molar-refractivity contribution in [3.05, 3.63) is 47.9 Å². The third-order valence-corrected chi connectivity index (χ3v) is 3.33. The Morgan fingerprint density at radius 3 is 2.28 bits per heavy atom. The molecule has 7 heteroatoms. The van der Waals surface area contributed by atoms with Crippen molar-refractivity contribution in [1.82, 2.24) is 4.73 Å². The highest BCUT2D eigenvalue weighted by molar-refractivity contribution is 6.37. The first-order chi connectivity index (χ1) is 7.97. The molecule has 1 heterocycles. The predicted molar refractivity (Wildman–Crippen MR) is 73.2 cm³/mol. The SMILES string of the molecule is CCc1cc(Cl)c(On2c(=O)c2=O)c(Cl)c1C.Cl. The third-order valence-electron chi connectivity index (χ3n) is 2.59. The Morgan fingerprint density at radius 2 is 1.83 bits per heavy atom. The monoisotopic (exact) mass is 309 g/mol. The van der Waals surface area contributed by atoms with Gasteiger partial charge in [0.2, 0.25) is 0 Å². The number of halogens is 3. The summed E-state index contributed by atoms with van der Waals surface area (Å²) >= 11 is 12.1. The number of nitrogens with zero attached hydrogens (tertiary/aromatic N) is 1. The van der Waals surface area contributed by atoms with Crippen molar-refractivity contribution in [1.29, 1.82) is 0 Å². The molecule has 18 heavy (non-hydrogen) atoms. The molecule has 98 valence electrons. The number of aryl methyl sites for hydroxylation is 1. The molecule has 0 saturated carbocycles. The van der Waals surface area contributed by atoms with Crippen LogP contribution in [0, 0.1) is 6.92 Å². The number of benzene rings is 1. The van der Waals surface area contributed by atoms with E-state index in [1.807, 2.05) is 13.8 Å². The Balaban J connectivity index is 0.00000162. The quantitative estimate of drug-likeness (QED) is 0.819. The van der Waals surface area contributed by atoms with Crippen molar-refractivity contribution < 1.29 is 4.84 Å². The van der Waals surface area contributed by atoms with Gasteiger partial charge < -0.3 is 4.84 Å². The predicted octanol–water partition coefficient (Wildman–Crippen LogP) is 2.53. The molecule has 1 aromatic carbocycles. The molecule has 2 aromatic rings. The van der Waals surface area contributed by atoms with Gasteiger partial charge in [-0.3, -0.25) is 9.59 Å². The van der Waals surface area contributed by atoms with E-state index in [2.05, 4.69) is 0 Å². The second-order valence-corrected chi connectivity index (χ2v) is 4.42. The maximum absolute atomic E-state index is 10.8. The Labute approximate surface area is 119 Å². The summed E-state index contributed by atoms with van der Waals surface area (Å²) in [6, 6.07) is 1.72. The molecule has 0 radical (unpaired) electrons. The lowest BCUT2D eigenvalue weighted by molar-refractivity contribution is 0.237. The van der Waals surface area contributed by atoms with Crippen molar-refractivity contribution in [3.63, 3.8) is 0 Å². The first-order valence-corrected chi connectivity index (χ1v) is 5.76. The Bertz CT molecular complexity index is 631. The second-order valence-electron chi connectivity index (χ2n) is 3.64. The van der Waals surface area contributed by atoms with Crippen LogP contribution < -0.4 is 16.0 Å². The number of aromatic nitrogens is 1. The Hall–Kier alpha value is -0.970. The van der Waals surface area contributed by atoms with Gasteiger partial charge in [-0.25, -0.2) is 0 Å². The van der Waals surface area contributed by atoms with E-state index in [1.54, 1.807) is 6.07 Å². The molecule has 0 spiro atoms. The van der Waals surface area contributed by atoms with Crippen LogP contribution in [0.25, 0.3) is 0 Å². The maximum atomic E-state index is 10.8. The van der Waals surface area contributed by atoms with Gasteiger partial charge in [0, 0.05) is 0 Å². The van der Waals surface area contributed by atoms with Crippen LogP contribution in [0.2, 0.25) is 10.0 Å². The largest absolute Gasteiger partial charge is 0.365 e. The number of hydrogen-bond donors (Lipinski definition) is 0. The average Bonchev–Trinajstić information content (AvgIpc) is 2.87. The van der Waals surface area contributed by atoms with Crippen molar-refractivity contribution in [2.75, 3.05) is 0 Å². The van der Waals surface area contributed by atoms with Crippen LogP contribution in [0.5, 0.6) is 5.75 Å². The minimum Gasteiger partial charge on any atom is -0.365 e. The highest BCUT2D eigenvalue weighted by Gasteiger charge is 2.22. The van der Waals surface area contributed by atoms with Crippen molar-refractivity contribution in [2.45, 2.75) is 20.3 Å². The highest BCUT2D eigenvalue weighted by Crippen LogP contribution is 2.37. The lowest BCUT2D eigenvalue weighted by Crippen LogP contribution is -2.05. The fourth-order valence-corrected chi connectivity index (χ4v) is 2.06. The van der Waals surface area contributed by atoms with Crippen molar-refractivity contribution in [2.24, 2.45) is 0 Å². The zero-order valence-corrected chi connectivity index (χ0v) is 11.9. The van der Waals surface area contributed by atoms with Crippen LogP contribution in [-0.2, 0) is 6.42 Å². The molecule has 0 fully saturated rings. The first kappa shape index (κ1) is 15.1. The molecule has 0 aliphatic rings. The van der Waals surface area contributed by atoms with Crippen LogP contribution in [0.3, 0.4) is 0 Å². The van der Waals surface area contributed by atoms with Crippen molar-refractivity contribution >= 4 is 35.6 Å². The summed E-state index contributed by atoms with van der Waals surface area (Å²) in [7, 11) is 0. The minimum atomic E-state index is -0.700. The van der Waals surface area contributed by atoms with E-state index < -0.39 is 11.1 Å². The zero-order valence-electron chi connectivity index (χ0n) is 9.62. The van der Waals surface area contributed by atoms with Gasteiger partial charge >= 0.3 is 11.1 Å². The number of hydrogen-bond acceptors (Lipinski definition) is 3. The van der Waals surface area contributed by atoms with Gasteiger partial charge in [-0.05, 0) is 30.5 Å². The second kappa shape index (κ2) is 5.34. The van der Waals surface area contributed by atoms with Gasteiger partial charge in [0.1, 0.15) is 0 Å². The zero-order chi connectivity index (χ0) is 12.7. The summed E-state index contributed by atoms with van der Waals surface area (Å²) in [5, 5.41) is 0.604.